The standard InChI is InChI=1S/C14H20ClNO3S/c1-5-6-16(10(2)3)14(17)12-7-11(4)8-13(9-12)20(15,18)19/h7-10H,5-6H2,1-4H3. The van der Waals surface area contributed by atoms with Gasteiger partial charge in [0.1, 0.15) is 0 Å². The lowest BCUT2D eigenvalue weighted by Gasteiger charge is -2.26. The van der Waals surface area contributed by atoms with Gasteiger partial charge in [0, 0.05) is 28.8 Å². The number of amides is 1. The molecule has 0 radical (unpaired) electrons. The third-order valence-electron chi connectivity index (χ3n) is 2.93. The molecule has 6 heteroatoms. The summed E-state index contributed by atoms with van der Waals surface area (Å²) < 4.78 is 22.9. The summed E-state index contributed by atoms with van der Waals surface area (Å²) in [6.07, 6.45) is 0.844. The molecule has 0 N–H and O–H groups in total. The van der Waals surface area contributed by atoms with Gasteiger partial charge in [0.25, 0.3) is 15.0 Å². The lowest BCUT2D eigenvalue weighted by atomic mass is 10.1. The summed E-state index contributed by atoms with van der Waals surface area (Å²) in [6, 6.07) is 4.53. The van der Waals surface area contributed by atoms with Crippen LogP contribution in [0.15, 0.2) is 23.1 Å². The van der Waals surface area contributed by atoms with Crippen molar-refractivity contribution in [3.8, 4) is 0 Å². The van der Waals surface area contributed by atoms with E-state index in [1.165, 1.54) is 12.1 Å². The van der Waals surface area contributed by atoms with Gasteiger partial charge in [0.15, 0.2) is 0 Å². The van der Waals surface area contributed by atoms with E-state index in [9.17, 15) is 13.2 Å². The molecule has 0 bridgehead atoms. The lowest BCUT2D eigenvalue weighted by molar-refractivity contribution is 0.0705. The third kappa shape index (κ3) is 4.21. The normalized spacial score (nSPS) is 11.7. The number of hydrogen-bond donors (Lipinski definition) is 0. The van der Waals surface area contributed by atoms with Crippen LogP contribution in [0.1, 0.15) is 43.1 Å². The molecule has 1 amide bonds. The van der Waals surface area contributed by atoms with Crippen LogP contribution >= 0.6 is 10.7 Å². The Hall–Kier alpha value is -1.07. The Labute approximate surface area is 125 Å². The highest BCUT2D eigenvalue weighted by Crippen LogP contribution is 2.20. The first-order valence-electron chi connectivity index (χ1n) is 6.54. The fourth-order valence-corrected chi connectivity index (χ4v) is 2.87. The third-order valence-corrected chi connectivity index (χ3v) is 4.26. The second-order valence-electron chi connectivity index (χ2n) is 5.06. The van der Waals surface area contributed by atoms with Gasteiger partial charge in [-0.1, -0.05) is 6.92 Å². The largest absolute Gasteiger partial charge is 0.336 e. The fourth-order valence-electron chi connectivity index (χ4n) is 2.01. The van der Waals surface area contributed by atoms with Gasteiger partial charge in [0.2, 0.25) is 0 Å². The molecule has 0 heterocycles. The van der Waals surface area contributed by atoms with Crippen LogP contribution in [0.5, 0.6) is 0 Å². The molecule has 1 aromatic rings. The molecule has 0 saturated heterocycles. The Balaban J connectivity index is 3.25. The fraction of sp³-hybridized carbons (Fsp3) is 0.500. The minimum atomic E-state index is -3.84. The van der Waals surface area contributed by atoms with E-state index in [0.29, 0.717) is 17.7 Å². The van der Waals surface area contributed by atoms with Crippen molar-refractivity contribution in [3.05, 3.63) is 29.3 Å². The van der Waals surface area contributed by atoms with Crippen LogP contribution in [0.25, 0.3) is 0 Å². The predicted octanol–water partition coefficient (Wildman–Crippen LogP) is 3.18. The molecule has 4 nitrogen and oxygen atoms in total. The summed E-state index contributed by atoms with van der Waals surface area (Å²) in [4.78, 5) is 14.2. The molecule has 0 unspecified atom stereocenters. The molecule has 1 rings (SSSR count). The molecule has 20 heavy (non-hydrogen) atoms. The van der Waals surface area contributed by atoms with Crippen molar-refractivity contribution < 1.29 is 13.2 Å². The minimum Gasteiger partial charge on any atom is -0.336 e. The van der Waals surface area contributed by atoms with Gasteiger partial charge < -0.3 is 4.90 Å². The molecule has 0 atom stereocenters. The summed E-state index contributed by atoms with van der Waals surface area (Å²) in [5.41, 5.74) is 1.04. The maximum Gasteiger partial charge on any atom is 0.261 e. The van der Waals surface area contributed by atoms with E-state index in [4.69, 9.17) is 10.7 Å². The maximum absolute atomic E-state index is 12.5. The number of aryl methyl sites for hydroxylation is 1. The Bertz CT molecular complexity index is 596. The zero-order valence-electron chi connectivity index (χ0n) is 12.2. The molecular weight excluding hydrogens is 298 g/mol. The number of rotatable bonds is 5. The smallest absolute Gasteiger partial charge is 0.261 e. The van der Waals surface area contributed by atoms with Gasteiger partial charge in [0.05, 0.1) is 4.90 Å². The summed E-state index contributed by atoms with van der Waals surface area (Å²) in [5.74, 6) is -0.174. The van der Waals surface area contributed by atoms with Crippen molar-refractivity contribution in [1.82, 2.24) is 4.90 Å². The molecule has 0 saturated carbocycles. The molecule has 112 valence electrons. The predicted molar refractivity (Wildman–Crippen MR) is 80.7 cm³/mol. The van der Waals surface area contributed by atoms with E-state index in [-0.39, 0.29) is 16.8 Å². The second kappa shape index (κ2) is 6.59. The highest BCUT2D eigenvalue weighted by Gasteiger charge is 2.20. The topological polar surface area (TPSA) is 54.5 Å². The molecule has 0 spiro atoms. The zero-order chi connectivity index (χ0) is 15.5. The van der Waals surface area contributed by atoms with E-state index in [2.05, 4.69) is 0 Å². The van der Waals surface area contributed by atoms with Crippen LogP contribution in [0.2, 0.25) is 0 Å². The quantitative estimate of drug-likeness (QED) is 0.784. The monoisotopic (exact) mass is 317 g/mol. The van der Waals surface area contributed by atoms with Crippen LogP contribution in [-0.2, 0) is 9.05 Å². The molecule has 1 aromatic carbocycles. The first kappa shape index (κ1) is 17.0. The van der Waals surface area contributed by atoms with Gasteiger partial charge >= 0.3 is 0 Å². The molecule has 0 aromatic heterocycles. The molecule has 0 aliphatic heterocycles. The zero-order valence-corrected chi connectivity index (χ0v) is 13.8. The number of benzene rings is 1. The summed E-state index contributed by atoms with van der Waals surface area (Å²) in [5, 5.41) is 0. The first-order valence-corrected chi connectivity index (χ1v) is 8.85. The maximum atomic E-state index is 12.5. The molecule has 0 aliphatic carbocycles. The molecular formula is C14H20ClNO3S. The molecule has 0 aliphatic rings. The van der Waals surface area contributed by atoms with Crippen LogP contribution in [-0.4, -0.2) is 31.8 Å². The van der Waals surface area contributed by atoms with Crippen LogP contribution in [0.4, 0.5) is 0 Å². The van der Waals surface area contributed by atoms with E-state index in [1.807, 2.05) is 20.8 Å². The van der Waals surface area contributed by atoms with Gasteiger partial charge in [-0.3, -0.25) is 4.79 Å². The van der Waals surface area contributed by atoms with Crippen molar-refractivity contribution in [2.45, 2.75) is 45.1 Å². The van der Waals surface area contributed by atoms with Gasteiger partial charge in [-0.05, 0) is 51.0 Å². The van der Waals surface area contributed by atoms with Crippen LogP contribution in [0.3, 0.4) is 0 Å². The Kier molecular flexibility index (Phi) is 5.59. The second-order valence-corrected chi connectivity index (χ2v) is 7.63. The SMILES string of the molecule is CCCN(C(=O)c1cc(C)cc(S(=O)(=O)Cl)c1)C(C)C. The Morgan fingerprint density at radius 2 is 1.90 bits per heavy atom. The highest BCUT2D eigenvalue weighted by molar-refractivity contribution is 8.13. The summed E-state index contributed by atoms with van der Waals surface area (Å²) in [7, 11) is 1.52. The Morgan fingerprint density at radius 3 is 2.35 bits per heavy atom. The van der Waals surface area contributed by atoms with Crippen molar-refractivity contribution >= 4 is 25.6 Å². The van der Waals surface area contributed by atoms with Crippen molar-refractivity contribution in [2.24, 2.45) is 0 Å². The minimum absolute atomic E-state index is 0.0391. The van der Waals surface area contributed by atoms with E-state index in [1.54, 1.807) is 17.9 Å². The summed E-state index contributed by atoms with van der Waals surface area (Å²) in [6.45, 7) is 8.23. The highest BCUT2D eigenvalue weighted by atomic mass is 35.7. The molecule has 0 fully saturated rings. The first-order chi connectivity index (χ1) is 9.16. The van der Waals surface area contributed by atoms with Gasteiger partial charge in [-0.25, -0.2) is 8.42 Å². The van der Waals surface area contributed by atoms with Gasteiger partial charge in [-0.15, -0.1) is 0 Å². The van der Waals surface area contributed by atoms with E-state index < -0.39 is 9.05 Å². The van der Waals surface area contributed by atoms with Crippen LogP contribution in [0, 0.1) is 6.92 Å². The average Bonchev–Trinajstić information content (AvgIpc) is 2.33. The van der Waals surface area contributed by atoms with Gasteiger partial charge in [-0.2, -0.15) is 0 Å². The Morgan fingerprint density at radius 1 is 1.30 bits per heavy atom. The van der Waals surface area contributed by atoms with E-state index in [0.717, 1.165) is 6.42 Å². The van der Waals surface area contributed by atoms with Crippen molar-refractivity contribution in [2.75, 3.05) is 6.54 Å². The van der Waals surface area contributed by atoms with Crippen LogP contribution < -0.4 is 0 Å². The number of halogens is 1. The van der Waals surface area contributed by atoms with Crippen molar-refractivity contribution in [1.29, 1.82) is 0 Å². The lowest BCUT2D eigenvalue weighted by Crippen LogP contribution is -2.37. The number of hydrogen-bond acceptors (Lipinski definition) is 3. The van der Waals surface area contributed by atoms with E-state index >= 15 is 0 Å². The number of carbonyl (C=O) groups is 1. The average molecular weight is 318 g/mol. The number of nitrogens with zero attached hydrogens (tertiary/aromatic N) is 1. The van der Waals surface area contributed by atoms with Crippen molar-refractivity contribution in [3.63, 3.8) is 0 Å². The summed E-state index contributed by atoms with van der Waals surface area (Å²) >= 11 is 0. The number of carbonyl (C=O) groups excluding carboxylic acids is 1.